The van der Waals surface area contributed by atoms with Crippen molar-refractivity contribution >= 4 is 31.9 Å². The van der Waals surface area contributed by atoms with Crippen LogP contribution in [0.1, 0.15) is 25.8 Å². The van der Waals surface area contributed by atoms with Gasteiger partial charge in [-0.05, 0) is 70.1 Å². The third-order valence-corrected chi connectivity index (χ3v) is 3.95. The molecule has 20 heavy (non-hydrogen) atoms. The Bertz CT molecular complexity index is 399. The summed E-state index contributed by atoms with van der Waals surface area (Å²) < 4.78 is 7.85. The summed E-state index contributed by atoms with van der Waals surface area (Å²) in [6.07, 6.45) is 1.02. The number of ether oxygens (including phenoxy) is 1. The number of nitrogens with one attached hydrogen (secondary N) is 1. The fourth-order valence-corrected chi connectivity index (χ4v) is 3.24. The molecule has 0 bridgehead atoms. The first-order chi connectivity index (χ1) is 9.40. The molecule has 0 fully saturated rings. The number of benzene rings is 1. The number of rotatable bonds is 8. The minimum Gasteiger partial charge on any atom is -0.491 e. The summed E-state index contributed by atoms with van der Waals surface area (Å²) in [4.78, 5) is 2.16. The monoisotopic (exact) mass is 406 g/mol. The smallest absolute Gasteiger partial charge is 0.147 e. The van der Waals surface area contributed by atoms with Crippen molar-refractivity contribution in [3.05, 3.63) is 26.6 Å². The molecule has 0 aliphatic rings. The molecule has 0 saturated heterocycles. The van der Waals surface area contributed by atoms with E-state index >= 15 is 0 Å². The molecule has 1 rings (SSSR count). The standard InChI is InChI=1S/C15H24Br2N2O/c1-11(2)18-10-12-8-13(16)15(14(17)9-12)20-7-5-6-19(3)4/h8-9,11,18H,5-7,10H2,1-4H3. The topological polar surface area (TPSA) is 24.5 Å². The van der Waals surface area contributed by atoms with E-state index in [1.54, 1.807) is 0 Å². The Labute approximate surface area is 139 Å². The highest BCUT2D eigenvalue weighted by Crippen LogP contribution is 2.34. The molecular weight excluding hydrogens is 384 g/mol. The summed E-state index contributed by atoms with van der Waals surface area (Å²) in [7, 11) is 4.14. The number of nitrogens with zero attached hydrogens (tertiary/aromatic N) is 1. The minimum absolute atomic E-state index is 0.481. The van der Waals surface area contributed by atoms with E-state index in [1.165, 1.54) is 5.56 Å². The molecule has 0 atom stereocenters. The van der Waals surface area contributed by atoms with Crippen LogP contribution in [0.5, 0.6) is 5.75 Å². The minimum atomic E-state index is 0.481. The maximum Gasteiger partial charge on any atom is 0.147 e. The summed E-state index contributed by atoms with van der Waals surface area (Å²) in [5, 5.41) is 3.41. The highest BCUT2D eigenvalue weighted by atomic mass is 79.9. The Morgan fingerprint density at radius 1 is 1.20 bits per heavy atom. The van der Waals surface area contributed by atoms with Gasteiger partial charge in [-0.3, -0.25) is 0 Å². The summed E-state index contributed by atoms with van der Waals surface area (Å²) in [6, 6.07) is 4.71. The molecular formula is C15H24Br2N2O. The van der Waals surface area contributed by atoms with Gasteiger partial charge in [0.1, 0.15) is 5.75 Å². The lowest BCUT2D eigenvalue weighted by atomic mass is 10.2. The first-order valence-corrected chi connectivity index (χ1v) is 8.47. The molecule has 0 heterocycles. The molecule has 0 saturated carbocycles. The molecule has 1 aromatic carbocycles. The van der Waals surface area contributed by atoms with E-state index in [2.05, 4.69) is 82.2 Å². The number of hydrogen-bond acceptors (Lipinski definition) is 3. The first kappa shape index (κ1) is 18.0. The van der Waals surface area contributed by atoms with E-state index in [-0.39, 0.29) is 0 Å². The first-order valence-electron chi connectivity index (χ1n) is 6.89. The van der Waals surface area contributed by atoms with Crippen LogP contribution in [0.15, 0.2) is 21.1 Å². The van der Waals surface area contributed by atoms with Crippen molar-refractivity contribution < 1.29 is 4.74 Å². The van der Waals surface area contributed by atoms with Gasteiger partial charge in [0.25, 0.3) is 0 Å². The zero-order valence-electron chi connectivity index (χ0n) is 12.7. The van der Waals surface area contributed by atoms with Crippen LogP contribution in [0.3, 0.4) is 0 Å². The van der Waals surface area contributed by atoms with Crippen molar-refractivity contribution in [3.8, 4) is 5.75 Å². The molecule has 0 aliphatic heterocycles. The molecule has 1 N–H and O–H groups in total. The average molecular weight is 408 g/mol. The Balaban J connectivity index is 2.59. The zero-order chi connectivity index (χ0) is 15.1. The van der Waals surface area contributed by atoms with E-state index in [9.17, 15) is 0 Å². The second kappa shape index (κ2) is 9.03. The molecule has 3 nitrogen and oxygen atoms in total. The van der Waals surface area contributed by atoms with Crippen molar-refractivity contribution in [3.63, 3.8) is 0 Å². The van der Waals surface area contributed by atoms with Crippen molar-refractivity contribution in [1.82, 2.24) is 10.2 Å². The molecule has 0 amide bonds. The largest absolute Gasteiger partial charge is 0.491 e. The van der Waals surface area contributed by atoms with Crippen LogP contribution in [-0.2, 0) is 6.54 Å². The molecule has 5 heteroatoms. The summed E-state index contributed by atoms with van der Waals surface area (Å²) in [5.41, 5.74) is 1.23. The van der Waals surface area contributed by atoms with E-state index < -0.39 is 0 Å². The molecule has 0 unspecified atom stereocenters. The fourth-order valence-electron chi connectivity index (χ4n) is 1.73. The van der Waals surface area contributed by atoms with Gasteiger partial charge in [-0.2, -0.15) is 0 Å². The zero-order valence-corrected chi connectivity index (χ0v) is 15.8. The van der Waals surface area contributed by atoms with Crippen molar-refractivity contribution in [2.75, 3.05) is 27.2 Å². The molecule has 0 aromatic heterocycles. The lowest BCUT2D eigenvalue weighted by Crippen LogP contribution is -2.21. The highest BCUT2D eigenvalue weighted by molar-refractivity contribution is 9.11. The fraction of sp³-hybridized carbons (Fsp3) is 0.600. The molecule has 114 valence electrons. The molecule has 1 aromatic rings. The molecule has 0 spiro atoms. The van der Waals surface area contributed by atoms with Crippen LogP contribution in [0.25, 0.3) is 0 Å². The maximum atomic E-state index is 5.86. The van der Waals surface area contributed by atoms with Crippen LogP contribution in [-0.4, -0.2) is 38.2 Å². The quantitative estimate of drug-likeness (QED) is 0.658. The summed E-state index contributed by atoms with van der Waals surface area (Å²) >= 11 is 7.19. The molecule has 0 aliphatic carbocycles. The van der Waals surface area contributed by atoms with E-state index in [0.717, 1.165) is 40.8 Å². The van der Waals surface area contributed by atoms with Gasteiger partial charge in [0.15, 0.2) is 0 Å². The van der Waals surface area contributed by atoms with Gasteiger partial charge in [0.2, 0.25) is 0 Å². The van der Waals surface area contributed by atoms with Crippen LogP contribution >= 0.6 is 31.9 Å². The van der Waals surface area contributed by atoms with E-state index in [4.69, 9.17) is 4.74 Å². The third-order valence-electron chi connectivity index (χ3n) is 2.77. The average Bonchev–Trinajstić information content (AvgIpc) is 2.34. The van der Waals surface area contributed by atoms with Gasteiger partial charge in [0, 0.05) is 19.1 Å². The normalized spacial score (nSPS) is 11.4. The Hall–Kier alpha value is -0.100. The van der Waals surface area contributed by atoms with E-state index in [0.29, 0.717) is 6.04 Å². The second-order valence-corrected chi connectivity index (χ2v) is 7.14. The summed E-state index contributed by atoms with van der Waals surface area (Å²) in [5.74, 6) is 0.886. The van der Waals surface area contributed by atoms with Crippen LogP contribution in [0.4, 0.5) is 0 Å². The Morgan fingerprint density at radius 2 is 1.80 bits per heavy atom. The lowest BCUT2D eigenvalue weighted by molar-refractivity contribution is 0.279. The Kier molecular flexibility index (Phi) is 8.10. The third kappa shape index (κ3) is 6.57. The lowest BCUT2D eigenvalue weighted by Gasteiger charge is -2.14. The van der Waals surface area contributed by atoms with Gasteiger partial charge in [-0.15, -0.1) is 0 Å². The van der Waals surface area contributed by atoms with Crippen molar-refractivity contribution in [2.45, 2.75) is 32.9 Å². The highest BCUT2D eigenvalue weighted by Gasteiger charge is 2.09. The van der Waals surface area contributed by atoms with Gasteiger partial charge in [0.05, 0.1) is 15.6 Å². The second-order valence-electron chi connectivity index (χ2n) is 5.43. The van der Waals surface area contributed by atoms with Gasteiger partial charge in [-0.1, -0.05) is 13.8 Å². The Morgan fingerprint density at radius 3 is 2.30 bits per heavy atom. The van der Waals surface area contributed by atoms with Crippen LogP contribution in [0, 0.1) is 0 Å². The van der Waals surface area contributed by atoms with Crippen molar-refractivity contribution in [1.29, 1.82) is 0 Å². The van der Waals surface area contributed by atoms with Crippen LogP contribution in [0.2, 0.25) is 0 Å². The predicted molar refractivity (Wildman–Crippen MR) is 92.5 cm³/mol. The molecule has 0 radical (unpaired) electrons. The van der Waals surface area contributed by atoms with Gasteiger partial charge in [-0.25, -0.2) is 0 Å². The van der Waals surface area contributed by atoms with Gasteiger partial charge >= 0.3 is 0 Å². The van der Waals surface area contributed by atoms with Crippen molar-refractivity contribution in [2.24, 2.45) is 0 Å². The number of hydrogen-bond donors (Lipinski definition) is 1. The van der Waals surface area contributed by atoms with Gasteiger partial charge < -0.3 is 15.0 Å². The SMILES string of the molecule is CC(C)NCc1cc(Br)c(OCCCN(C)C)c(Br)c1. The number of halogens is 2. The maximum absolute atomic E-state index is 5.86. The van der Waals surface area contributed by atoms with Crippen LogP contribution < -0.4 is 10.1 Å². The predicted octanol–water partition coefficient (Wildman–Crippen LogP) is 4.04. The summed E-state index contributed by atoms with van der Waals surface area (Å²) in [6.45, 7) is 6.90. The van der Waals surface area contributed by atoms with E-state index in [1.807, 2.05) is 0 Å².